The zero-order chi connectivity index (χ0) is 20.3. The quantitative estimate of drug-likeness (QED) is 0.690. The minimum absolute atomic E-state index is 0.129. The number of benzene rings is 2. The molecule has 0 saturated carbocycles. The number of aryl methyl sites for hydroxylation is 2. The van der Waals surface area contributed by atoms with Gasteiger partial charge in [0.1, 0.15) is 0 Å². The first kappa shape index (κ1) is 20.3. The van der Waals surface area contributed by atoms with Crippen LogP contribution in [-0.2, 0) is 4.79 Å². The Bertz CT molecular complexity index is 878. The van der Waals surface area contributed by atoms with Gasteiger partial charge in [0, 0.05) is 24.3 Å². The molecule has 0 aromatic heterocycles. The number of hydrogen-bond acceptors (Lipinski definition) is 2. The van der Waals surface area contributed by atoms with Crippen LogP contribution >= 0.6 is 12.2 Å². The van der Waals surface area contributed by atoms with E-state index in [-0.39, 0.29) is 11.9 Å². The molecule has 0 spiro atoms. The van der Waals surface area contributed by atoms with E-state index in [9.17, 15) is 4.79 Å². The molecule has 0 unspecified atom stereocenters. The van der Waals surface area contributed by atoms with Crippen molar-refractivity contribution in [3.8, 4) is 0 Å². The summed E-state index contributed by atoms with van der Waals surface area (Å²) >= 11 is 5.60. The van der Waals surface area contributed by atoms with E-state index in [4.69, 9.17) is 12.2 Å². The maximum Gasteiger partial charge on any atom is 0.227 e. The first-order valence-electron chi connectivity index (χ1n) is 9.90. The third-order valence-corrected chi connectivity index (χ3v) is 5.42. The smallest absolute Gasteiger partial charge is 0.227 e. The van der Waals surface area contributed by atoms with Crippen LogP contribution in [0.3, 0.4) is 0 Å². The van der Waals surface area contributed by atoms with Crippen molar-refractivity contribution in [3.05, 3.63) is 59.2 Å². The number of anilines is 2. The third kappa shape index (κ3) is 4.71. The molecule has 28 heavy (non-hydrogen) atoms. The average molecular weight is 396 g/mol. The fourth-order valence-electron chi connectivity index (χ4n) is 3.76. The molecule has 0 bridgehead atoms. The van der Waals surface area contributed by atoms with Gasteiger partial charge in [-0.1, -0.05) is 43.7 Å². The molecule has 1 aliphatic heterocycles. The number of thiocarbonyl (C=S) groups is 1. The lowest BCUT2D eigenvalue weighted by Crippen LogP contribution is -2.35. The van der Waals surface area contributed by atoms with Crippen LogP contribution in [0.4, 0.5) is 11.4 Å². The van der Waals surface area contributed by atoms with Crippen LogP contribution < -0.4 is 15.5 Å². The van der Waals surface area contributed by atoms with E-state index < -0.39 is 0 Å². The molecule has 1 atom stereocenters. The van der Waals surface area contributed by atoms with Crippen molar-refractivity contribution in [3.63, 3.8) is 0 Å². The van der Waals surface area contributed by atoms with Crippen molar-refractivity contribution in [1.82, 2.24) is 5.32 Å². The number of amides is 1. The second kappa shape index (κ2) is 8.74. The summed E-state index contributed by atoms with van der Waals surface area (Å²) in [6, 6.07) is 14.5. The molecule has 148 valence electrons. The lowest BCUT2D eigenvalue weighted by molar-refractivity contribution is -0.117. The molecule has 1 amide bonds. The molecular weight excluding hydrogens is 366 g/mol. The highest BCUT2D eigenvalue weighted by Crippen LogP contribution is 2.27. The van der Waals surface area contributed by atoms with Gasteiger partial charge < -0.3 is 15.5 Å². The summed E-state index contributed by atoms with van der Waals surface area (Å²) in [6.45, 7) is 9.43. The number of carbonyl (C=O) groups is 1. The first-order valence-corrected chi connectivity index (χ1v) is 10.3. The fraction of sp³-hybridized carbons (Fsp3) is 0.391. The van der Waals surface area contributed by atoms with Crippen molar-refractivity contribution < 1.29 is 4.79 Å². The minimum atomic E-state index is 0.129. The van der Waals surface area contributed by atoms with Crippen LogP contribution in [-0.4, -0.2) is 17.6 Å². The summed E-state index contributed by atoms with van der Waals surface area (Å²) in [6.07, 6.45) is 1.55. The van der Waals surface area contributed by atoms with Gasteiger partial charge in [-0.2, -0.15) is 0 Å². The molecule has 2 aromatic carbocycles. The van der Waals surface area contributed by atoms with Gasteiger partial charge in [-0.3, -0.25) is 4.79 Å². The maximum absolute atomic E-state index is 12.0. The van der Waals surface area contributed by atoms with Gasteiger partial charge in [-0.05, 0) is 67.7 Å². The Morgan fingerprint density at radius 2 is 1.93 bits per heavy atom. The molecule has 3 rings (SSSR count). The largest absolute Gasteiger partial charge is 0.355 e. The van der Waals surface area contributed by atoms with Gasteiger partial charge in [0.2, 0.25) is 5.91 Å². The highest BCUT2D eigenvalue weighted by molar-refractivity contribution is 7.80. The lowest BCUT2D eigenvalue weighted by atomic mass is 9.92. The van der Waals surface area contributed by atoms with Gasteiger partial charge in [-0.25, -0.2) is 0 Å². The van der Waals surface area contributed by atoms with Crippen LogP contribution in [0.1, 0.15) is 49.4 Å². The van der Waals surface area contributed by atoms with Crippen LogP contribution in [0.15, 0.2) is 42.5 Å². The van der Waals surface area contributed by atoms with Crippen LogP contribution in [0.25, 0.3) is 0 Å². The second-order valence-corrected chi connectivity index (χ2v) is 8.29. The average Bonchev–Trinajstić information content (AvgIpc) is 3.06. The summed E-state index contributed by atoms with van der Waals surface area (Å²) < 4.78 is 0. The summed E-state index contributed by atoms with van der Waals surface area (Å²) in [7, 11) is 0. The Morgan fingerprint density at radius 3 is 2.57 bits per heavy atom. The van der Waals surface area contributed by atoms with E-state index in [1.165, 1.54) is 16.7 Å². The summed E-state index contributed by atoms with van der Waals surface area (Å²) in [5.74, 6) is 0.572. The Labute approximate surface area is 173 Å². The fourth-order valence-corrected chi connectivity index (χ4v) is 4.00. The summed E-state index contributed by atoms with van der Waals surface area (Å²) in [4.78, 5) is 13.9. The topological polar surface area (TPSA) is 44.4 Å². The van der Waals surface area contributed by atoms with E-state index in [1.54, 1.807) is 0 Å². The van der Waals surface area contributed by atoms with E-state index in [0.717, 1.165) is 24.3 Å². The molecule has 1 saturated heterocycles. The summed E-state index contributed by atoms with van der Waals surface area (Å²) in [5, 5.41) is 7.35. The van der Waals surface area contributed by atoms with E-state index in [0.29, 0.717) is 17.5 Å². The Balaban J connectivity index is 1.72. The first-order chi connectivity index (χ1) is 13.3. The van der Waals surface area contributed by atoms with Crippen LogP contribution in [0.2, 0.25) is 0 Å². The highest BCUT2D eigenvalue weighted by Gasteiger charge is 2.22. The van der Waals surface area contributed by atoms with Crippen molar-refractivity contribution in [1.29, 1.82) is 0 Å². The standard InChI is InChI=1S/C23H29N3OS/c1-15(2)22(20-11-10-16(3)13-17(20)4)25-23(28)24-18-7-5-8-19(14-18)26-12-6-9-21(26)27/h5,7-8,10-11,13-15,22H,6,9,12H2,1-4H3,(H2,24,25,28)/t22-/m0/s1. The third-order valence-electron chi connectivity index (χ3n) is 5.20. The maximum atomic E-state index is 12.0. The predicted molar refractivity (Wildman–Crippen MR) is 121 cm³/mol. The zero-order valence-electron chi connectivity index (χ0n) is 17.1. The molecule has 2 N–H and O–H groups in total. The van der Waals surface area contributed by atoms with E-state index in [1.807, 2.05) is 29.2 Å². The molecule has 1 heterocycles. The lowest BCUT2D eigenvalue weighted by Gasteiger charge is -2.26. The van der Waals surface area contributed by atoms with Gasteiger partial charge in [0.15, 0.2) is 5.11 Å². The molecule has 2 aromatic rings. The summed E-state index contributed by atoms with van der Waals surface area (Å²) in [5.41, 5.74) is 5.60. The van der Waals surface area contributed by atoms with Crippen molar-refractivity contribution >= 4 is 34.6 Å². The van der Waals surface area contributed by atoms with Gasteiger partial charge in [0.05, 0.1) is 6.04 Å². The van der Waals surface area contributed by atoms with Gasteiger partial charge in [0.25, 0.3) is 0 Å². The zero-order valence-corrected chi connectivity index (χ0v) is 17.9. The number of hydrogen-bond donors (Lipinski definition) is 2. The van der Waals surface area contributed by atoms with Crippen molar-refractivity contribution in [2.75, 3.05) is 16.8 Å². The Hall–Kier alpha value is -2.40. The van der Waals surface area contributed by atoms with Gasteiger partial charge >= 0.3 is 0 Å². The number of nitrogens with one attached hydrogen (secondary N) is 2. The monoisotopic (exact) mass is 395 g/mol. The Morgan fingerprint density at radius 1 is 1.14 bits per heavy atom. The molecule has 1 fully saturated rings. The van der Waals surface area contributed by atoms with Gasteiger partial charge in [-0.15, -0.1) is 0 Å². The molecule has 5 heteroatoms. The molecule has 0 aliphatic carbocycles. The second-order valence-electron chi connectivity index (χ2n) is 7.88. The molecule has 0 radical (unpaired) electrons. The van der Waals surface area contributed by atoms with E-state index in [2.05, 4.69) is 56.5 Å². The molecule has 4 nitrogen and oxygen atoms in total. The molecular formula is C23H29N3OS. The number of carbonyl (C=O) groups excluding carboxylic acids is 1. The van der Waals surface area contributed by atoms with Crippen LogP contribution in [0, 0.1) is 19.8 Å². The SMILES string of the molecule is Cc1ccc([C@@H](NC(=S)Nc2cccc(N3CCCC3=O)c2)C(C)C)c(C)c1. The van der Waals surface area contributed by atoms with E-state index >= 15 is 0 Å². The van der Waals surface area contributed by atoms with Crippen molar-refractivity contribution in [2.24, 2.45) is 5.92 Å². The molecule has 1 aliphatic rings. The number of nitrogens with zero attached hydrogens (tertiary/aromatic N) is 1. The normalized spacial score (nSPS) is 15.0. The van der Waals surface area contributed by atoms with Crippen LogP contribution in [0.5, 0.6) is 0 Å². The highest BCUT2D eigenvalue weighted by atomic mass is 32.1. The number of rotatable bonds is 5. The minimum Gasteiger partial charge on any atom is -0.355 e. The van der Waals surface area contributed by atoms with Crippen molar-refractivity contribution in [2.45, 2.75) is 46.6 Å². The predicted octanol–water partition coefficient (Wildman–Crippen LogP) is 5.11. The Kier molecular flexibility index (Phi) is 6.35.